The zero-order valence-electron chi connectivity index (χ0n) is 33.6. The fourth-order valence-corrected chi connectivity index (χ4v) is 9.10. The molecule has 306 valence electrons. The van der Waals surface area contributed by atoms with Crippen LogP contribution in [0.1, 0.15) is 130 Å². The first-order valence-electron chi connectivity index (χ1n) is 18.6. The summed E-state index contributed by atoms with van der Waals surface area (Å²) in [6.07, 6.45) is 12.7. The summed E-state index contributed by atoms with van der Waals surface area (Å²) in [7, 11) is 0. The van der Waals surface area contributed by atoms with Crippen LogP contribution in [0.4, 0.5) is 0 Å². The molecule has 6 nitrogen and oxygen atoms in total. The van der Waals surface area contributed by atoms with Crippen molar-refractivity contribution in [1.29, 1.82) is 0 Å². The van der Waals surface area contributed by atoms with Gasteiger partial charge in [-0.05, 0) is 128 Å². The smallest absolute Gasteiger partial charge is 0.809 e. The van der Waals surface area contributed by atoms with Crippen LogP contribution < -0.4 is 28.3 Å². The van der Waals surface area contributed by atoms with E-state index in [1.165, 1.54) is 33.4 Å². The van der Waals surface area contributed by atoms with E-state index in [0.717, 1.165) is 93.7 Å². The second-order valence-corrected chi connectivity index (χ2v) is 27.1. The maximum atomic E-state index is 11.4. The number of aryl methyl sites for hydroxylation is 3. The summed E-state index contributed by atoms with van der Waals surface area (Å²) in [5, 5.41) is 0. The van der Waals surface area contributed by atoms with Gasteiger partial charge in [0.15, 0.2) is 0 Å². The molecule has 0 bridgehead atoms. The summed E-state index contributed by atoms with van der Waals surface area (Å²) >= 11 is 28.0. The van der Waals surface area contributed by atoms with Crippen LogP contribution in [0.2, 0.25) is 0 Å². The molecule has 3 rings (SSSR count). The molecule has 0 saturated heterocycles. The molecule has 0 spiro atoms. The monoisotopic (exact) mass is 1000 g/mol. The van der Waals surface area contributed by atoms with Gasteiger partial charge in [0.05, 0.1) is 0 Å². The van der Waals surface area contributed by atoms with Gasteiger partial charge in [-0.15, -0.1) is 0 Å². The Kier molecular flexibility index (Phi) is 27.8. The Bertz CT molecular complexity index is 1570. The molecule has 0 fully saturated rings. The van der Waals surface area contributed by atoms with Crippen molar-refractivity contribution in [3.8, 4) is 17.2 Å². The minimum Gasteiger partial charge on any atom is -0.809 e. The van der Waals surface area contributed by atoms with Crippen LogP contribution in [0.15, 0.2) is 36.4 Å². The second kappa shape index (κ2) is 27.5. The van der Waals surface area contributed by atoms with Crippen molar-refractivity contribution < 1.29 is 49.3 Å². The Morgan fingerprint density at radius 3 is 0.800 bits per heavy atom. The zero-order chi connectivity index (χ0) is 41.3. The topological polar surface area (TPSA) is 96.9 Å². The van der Waals surface area contributed by atoms with Crippen molar-refractivity contribution in [2.45, 2.75) is 139 Å². The van der Waals surface area contributed by atoms with Gasteiger partial charge in [-0.2, -0.15) is 0 Å². The summed E-state index contributed by atoms with van der Waals surface area (Å²) in [6.45, 7) is 18.9. The number of benzene rings is 3. The average Bonchev–Trinajstić information content (AvgIpc) is 3.05. The largest absolute Gasteiger partial charge is 6.00 e. The van der Waals surface area contributed by atoms with E-state index in [0.29, 0.717) is 17.2 Å². The van der Waals surface area contributed by atoms with Gasteiger partial charge in [0, 0.05) is 0 Å². The molecule has 3 atom stereocenters. The van der Waals surface area contributed by atoms with Crippen LogP contribution in [0.5, 0.6) is 17.2 Å². The molecular weight excluding hydrogens is 946 g/mol. The van der Waals surface area contributed by atoms with Gasteiger partial charge in [0.2, 0.25) is 0 Å². The van der Waals surface area contributed by atoms with E-state index in [1.54, 1.807) is 0 Å². The Morgan fingerprint density at radius 2 is 0.636 bits per heavy atom. The molecule has 0 N–H and O–H groups in total. The second-order valence-electron chi connectivity index (χ2n) is 13.1. The molecule has 3 aromatic carbocycles. The molecule has 3 aromatic rings. The van der Waals surface area contributed by atoms with Crippen molar-refractivity contribution in [2.75, 3.05) is 0 Å². The van der Waals surface area contributed by atoms with Crippen molar-refractivity contribution in [1.82, 2.24) is 0 Å². The van der Waals surface area contributed by atoms with E-state index >= 15 is 0 Å². The molecular formula is C39H57MoO6P3S6. The molecule has 16 heteroatoms. The van der Waals surface area contributed by atoms with E-state index in [2.05, 4.69) is 114 Å². The van der Waals surface area contributed by atoms with Crippen LogP contribution in [0, 0.1) is 20.8 Å². The third-order valence-electron chi connectivity index (χ3n) is 8.63. The van der Waals surface area contributed by atoms with Crippen LogP contribution in [-0.4, -0.2) is 0 Å². The van der Waals surface area contributed by atoms with Gasteiger partial charge < -0.3 is 65.0 Å². The third kappa shape index (κ3) is 21.1. The molecule has 0 aliphatic rings. The normalized spacial score (nSPS) is 14.0. The molecule has 55 heavy (non-hydrogen) atoms. The number of hydrogen-bond donors (Lipinski definition) is 0. The SMILES string of the molecule is CCCc1ccc(OP([O-])(=S)[S-])c(C)c1CCC.CCCc1ccc(OP([O-])(=S)[S-])c(C)c1CCC.CCCc1ccc(OP([O-])(=S)[S-])c(C)c1CCC.[Mo+6]. The zero-order valence-corrected chi connectivity index (χ0v) is 43.2. The first kappa shape index (κ1) is 55.6. The summed E-state index contributed by atoms with van der Waals surface area (Å²) < 4.78 is 15.7. The number of rotatable bonds is 18. The maximum absolute atomic E-state index is 11.4. The number of hydrogen-bond acceptors (Lipinski definition) is 12. The maximum Gasteiger partial charge on any atom is 6.00 e. The molecule has 0 aromatic heterocycles. The Balaban J connectivity index is 0.000000788. The van der Waals surface area contributed by atoms with E-state index in [9.17, 15) is 14.7 Å². The quantitative estimate of drug-likeness (QED) is 0.0690. The minimum atomic E-state index is -3.32. The summed E-state index contributed by atoms with van der Waals surface area (Å²) in [5.41, 5.74) is 1.01. The predicted molar refractivity (Wildman–Crippen MR) is 244 cm³/mol. The summed E-state index contributed by atoms with van der Waals surface area (Å²) in [5.74, 6) is 1.73. The van der Waals surface area contributed by atoms with Gasteiger partial charge in [0.1, 0.15) is 17.2 Å². The third-order valence-corrected chi connectivity index (χ3v) is 11.2. The van der Waals surface area contributed by atoms with Crippen LogP contribution >= 0.6 is 17.1 Å². The molecule has 0 saturated carbocycles. The van der Waals surface area contributed by atoms with Gasteiger partial charge >= 0.3 is 21.1 Å². The van der Waals surface area contributed by atoms with Crippen molar-refractivity contribution in [2.24, 2.45) is 0 Å². The van der Waals surface area contributed by atoms with Crippen LogP contribution in [-0.2, 0) is 132 Å². The Morgan fingerprint density at radius 1 is 0.436 bits per heavy atom. The summed E-state index contributed by atoms with van der Waals surface area (Å²) in [6, 6.07) is 11.6. The average molecular weight is 1000 g/mol. The molecule has 0 amide bonds. The van der Waals surface area contributed by atoms with Crippen LogP contribution in [0.25, 0.3) is 0 Å². The van der Waals surface area contributed by atoms with E-state index in [4.69, 9.17) is 13.6 Å². The summed E-state index contributed by atoms with van der Waals surface area (Å²) in [4.78, 5) is 34.3. The minimum absolute atomic E-state index is 0. The fourth-order valence-electron chi connectivity index (χ4n) is 6.34. The van der Waals surface area contributed by atoms with Gasteiger partial charge in [-0.25, -0.2) is 0 Å². The first-order valence-corrected chi connectivity index (χ1v) is 29.6. The molecule has 3 unspecified atom stereocenters. The van der Waals surface area contributed by atoms with E-state index < -0.39 is 17.1 Å². The van der Waals surface area contributed by atoms with E-state index in [1.807, 2.05) is 57.2 Å². The first-order chi connectivity index (χ1) is 25.2. The van der Waals surface area contributed by atoms with Crippen molar-refractivity contribution in [3.63, 3.8) is 0 Å². The molecule has 0 radical (unpaired) electrons. The van der Waals surface area contributed by atoms with Gasteiger partial charge in [0.25, 0.3) is 0 Å². The van der Waals surface area contributed by atoms with Crippen molar-refractivity contribution in [3.05, 3.63) is 86.5 Å². The van der Waals surface area contributed by atoms with Crippen molar-refractivity contribution >= 4 is 89.2 Å². The Labute approximate surface area is 378 Å². The molecule has 0 heterocycles. The van der Waals surface area contributed by atoms with Gasteiger partial charge in [-0.1, -0.05) is 151 Å². The standard InChI is InChI=1S/3C13H21O2PS2.Mo/c3*1-4-6-11-8-9-13(15-16(14,17)18)10(3)12(11)7-5-2;/h3*8-9H,4-7H2,1-3H3,(H2,14,17,18);/q;;;+6/p-6. The fraction of sp³-hybridized carbons (Fsp3) is 0.538. The Hall–Kier alpha value is 0.628. The molecule has 0 aliphatic heterocycles. The van der Waals surface area contributed by atoms with E-state index in [-0.39, 0.29) is 21.1 Å². The van der Waals surface area contributed by atoms with Gasteiger partial charge in [-0.3, -0.25) is 0 Å². The molecule has 0 aliphatic carbocycles. The van der Waals surface area contributed by atoms with Crippen LogP contribution in [0.3, 0.4) is 0 Å². The predicted octanol–water partition coefficient (Wildman–Crippen LogP) is 10.2.